The lowest BCUT2D eigenvalue weighted by Gasteiger charge is -2.18. The third-order valence-electron chi connectivity index (χ3n) is 4.85. The number of alkyl carbamates (subject to hydrolysis) is 1. The number of fused-ring (bicyclic) bond motifs is 3. The highest BCUT2D eigenvalue weighted by atomic mass is 16.6. The zero-order valence-corrected chi connectivity index (χ0v) is 16.6. The second kappa shape index (κ2) is 9.73. The Hall–Kier alpha value is -3.61. The molecular weight excluding hydrogens is 386 g/mol. The van der Waals surface area contributed by atoms with Crippen molar-refractivity contribution in [2.75, 3.05) is 20.3 Å². The molecule has 1 N–H and O–H groups in total. The van der Waals surface area contributed by atoms with Crippen LogP contribution in [-0.4, -0.2) is 44.4 Å². The molecule has 30 heavy (non-hydrogen) atoms. The fraction of sp³-hybridized carbons (Fsp3) is 0.261. The topological polar surface area (TPSA) is 90.9 Å². The summed E-state index contributed by atoms with van der Waals surface area (Å²) in [6, 6.07) is 14.7. The van der Waals surface area contributed by atoms with Crippen molar-refractivity contribution < 1.29 is 28.6 Å². The first-order valence-electron chi connectivity index (χ1n) is 9.51. The van der Waals surface area contributed by atoms with E-state index in [1.54, 1.807) is 0 Å². The highest BCUT2D eigenvalue weighted by molar-refractivity contribution is 5.86. The second-order valence-electron chi connectivity index (χ2n) is 6.72. The van der Waals surface area contributed by atoms with E-state index in [-0.39, 0.29) is 25.6 Å². The third-order valence-corrected chi connectivity index (χ3v) is 4.85. The minimum atomic E-state index is -1.21. The van der Waals surface area contributed by atoms with Crippen molar-refractivity contribution in [1.29, 1.82) is 0 Å². The number of hydrogen-bond acceptors (Lipinski definition) is 6. The molecule has 0 spiro atoms. The summed E-state index contributed by atoms with van der Waals surface area (Å²) in [6.45, 7) is 3.55. The number of nitrogens with one attached hydrogen (secondary N) is 1. The molecule has 2 aromatic rings. The van der Waals surface area contributed by atoms with Gasteiger partial charge in [0.25, 0.3) is 0 Å². The van der Waals surface area contributed by atoms with Crippen LogP contribution in [0.25, 0.3) is 11.1 Å². The van der Waals surface area contributed by atoms with Crippen LogP contribution in [0.4, 0.5) is 4.79 Å². The lowest BCUT2D eigenvalue weighted by Crippen LogP contribution is -2.43. The van der Waals surface area contributed by atoms with Crippen molar-refractivity contribution in [2.24, 2.45) is 0 Å². The van der Waals surface area contributed by atoms with Crippen LogP contribution in [0.1, 0.15) is 23.5 Å². The van der Waals surface area contributed by atoms with Gasteiger partial charge in [0.2, 0.25) is 0 Å². The molecule has 0 saturated heterocycles. The molecule has 7 heteroatoms. The molecule has 1 amide bonds. The van der Waals surface area contributed by atoms with Gasteiger partial charge in [0.1, 0.15) is 19.3 Å². The van der Waals surface area contributed by atoms with Gasteiger partial charge in [0.15, 0.2) is 0 Å². The summed E-state index contributed by atoms with van der Waals surface area (Å²) in [4.78, 5) is 36.1. The average Bonchev–Trinajstić information content (AvgIpc) is 3.09. The van der Waals surface area contributed by atoms with Gasteiger partial charge >= 0.3 is 18.0 Å². The number of hydrogen-bond donors (Lipinski definition) is 1. The van der Waals surface area contributed by atoms with Crippen LogP contribution in [0.5, 0.6) is 0 Å². The first-order chi connectivity index (χ1) is 14.5. The Kier molecular flexibility index (Phi) is 6.85. The summed E-state index contributed by atoms with van der Waals surface area (Å²) < 4.78 is 14.9. The van der Waals surface area contributed by atoms with Crippen molar-refractivity contribution in [3.63, 3.8) is 0 Å². The van der Waals surface area contributed by atoms with Gasteiger partial charge in [0, 0.05) is 5.92 Å². The van der Waals surface area contributed by atoms with Crippen LogP contribution in [0, 0.1) is 0 Å². The Labute approximate surface area is 174 Å². The number of rotatable bonds is 8. The molecule has 0 saturated carbocycles. The number of benzene rings is 2. The summed E-state index contributed by atoms with van der Waals surface area (Å²) >= 11 is 0. The highest BCUT2D eigenvalue weighted by Gasteiger charge is 2.30. The molecule has 0 aromatic heterocycles. The first-order valence-corrected chi connectivity index (χ1v) is 9.51. The Balaban J connectivity index is 1.65. The number of methoxy groups -OCH3 is 1. The molecule has 1 aliphatic carbocycles. The molecule has 0 aliphatic heterocycles. The van der Waals surface area contributed by atoms with Crippen molar-refractivity contribution in [3.05, 3.63) is 72.3 Å². The molecule has 1 atom stereocenters. The van der Waals surface area contributed by atoms with Crippen LogP contribution in [-0.2, 0) is 23.8 Å². The van der Waals surface area contributed by atoms with E-state index < -0.39 is 24.1 Å². The van der Waals surface area contributed by atoms with E-state index in [0.29, 0.717) is 0 Å². The largest absolute Gasteiger partial charge is 0.467 e. The summed E-state index contributed by atoms with van der Waals surface area (Å²) in [7, 11) is 1.17. The van der Waals surface area contributed by atoms with Gasteiger partial charge in [-0.3, -0.25) is 4.79 Å². The molecule has 0 heterocycles. The normalized spacial score (nSPS) is 12.8. The maximum atomic E-state index is 12.3. The van der Waals surface area contributed by atoms with Crippen LogP contribution in [0.2, 0.25) is 0 Å². The lowest BCUT2D eigenvalue weighted by molar-refractivity contribution is -0.150. The summed E-state index contributed by atoms with van der Waals surface area (Å²) in [5, 5.41) is 2.38. The predicted octanol–water partition coefficient (Wildman–Crippen LogP) is 3.19. The van der Waals surface area contributed by atoms with E-state index in [4.69, 9.17) is 9.47 Å². The number of carbonyl (C=O) groups is 3. The van der Waals surface area contributed by atoms with Crippen molar-refractivity contribution in [2.45, 2.75) is 18.4 Å². The summed E-state index contributed by atoms with van der Waals surface area (Å²) in [6.07, 6.45) is 0.220. The molecular formula is C23H23NO6. The first kappa shape index (κ1) is 21.1. The molecule has 0 fully saturated rings. The third kappa shape index (κ3) is 4.68. The van der Waals surface area contributed by atoms with Gasteiger partial charge in [-0.15, -0.1) is 0 Å². The minimum Gasteiger partial charge on any atom is -0.467 e. The summed E-state index contributed by atoms with van der Waals surface area (Å²) in [5.74, 6) is -1.54. The number of ether oxygens (including phenoxy) is 3. The Morgan fingerprint density at radius 2 is 1.63 bits per heavy atom. The molecule has 156 valence electrons. The van der Waals surface area contributed by atoms with E-state index in [1.807, 2.05) is 48.5 Å². The fourth-order valence-corrected chi connectivity index (χ4v) is 3.50. The molecule has 0 radical (unpaired) electrons. The standard InChI is InChI=1S/C23H23NO6/c1-3-12-29-21(25)13-20(22(26)28-2)24-23(27)30-14-19-17-10-6-4-8-15(17)16-9-5-7-11-18(16)19/h3-11,19-20H,1,12-14H2,2H3,(H,24,27)/t20-/m0/s1. The monoisotopic (exact) mass is 409 g/mol. The van der Waals surface area contributed by atoms with E-state index in [9.17, 15) is 14.4 Å². The molecule has 3 rings (SSSR count). The number of carbonyl (C=O) groups excluding carboxylic acids is 3. The average molecular weight is 409 g/mol. The Bertz CT molecular complexity index is 909. The zero-order valence-electron chi connectivity index (χ0n) is 16.6. The number of amides is 1. The quantitative estimate of drug-likeness (QED) is 0.409. The molecule has 0 unspecified atom stereocenters. The second-order valence-corrected chi connectivity index (χ2v) is 6.72. The van der Waals surface area contributed by atoms with Crippen molar-refractivity contribution in [3.8, 4) is 11.1 Å². The van der Waals surface area contributed by atoms with Crippen LogP contribution < -0.4 is 5.32 Å². The lowest BCUT2D eigenvalue weighted by atomic mass is 9.98. The van der Waals surface area contributed by atoms with Gasteiger partial charge in [-0.25, -0.2) is 9.59 Å². The maximum absolute atomic E-state index is 12.3. The van der Waals surface area contributed by atoms with Crippen molar-refractivity contribution >= 4 is 18.0 Å². The summed E-state index contributed by atoms with van der Waals surface area (Å²) in [5.41, 5.74) is 4.37. The van der Waals surface area contributed by atoms with E-state index in [1.165, 1.54) is 13.2 Å². The zero-order chi connectivity index (χ0) is 21.5. The molecule has 0 bridgehead atoms. The maximum Gasteiger partial charge on any atom is 0.407 e. The number of esters is 2. The molecule has 7 nitrogen and oxygen atoms in total. The van der Waals surface area contributed by atoms with Gasteiger partial charge in [-0.2, -0.15) is 0 Å². The Morgan fingerprint density at radius 3 is 2.20 bits per heavy atom. The molecule has 2 aromatic carbocycles. The van der Waals surface area contributed by atoms with Gasteiger partial charge in [-0.1, -0.05) is 61.2 Å². The van der Waals surface area contributed by atoms with Crippen LogP contribution in [0.3, 0.4) is 0 Å². The van der Waals surface area contributed by atoms with Gasteiger partial charge in [0.05, 0.1) is 13.5 Å². The van der Waals surface area contributed by atoms with E-state index >= 15 is 0 Å². The fourth-order valence-electron chi connectivity index (χ4n) is 3.50. The van der Waals surface area contributed by atoms with Crippen LogP contribution >= 0.6 is 0 Å². The minimum absolute atomic E-state index is 0.0116. The molecule has 1 aliphatic rings. The van der Waals surface area contributed by atoms with Crippen LogP contribution in [0.15, 0.2) is 61.2 Å². The SMILES string of the molecule is C=CCOC(=O)C[C@H](NC(=O)OCC1c2ccccc2-c2ccccc21)C(=O)OC. The van der Waals surface area contributed by atoms with E-state index in [0.717, 1.165) is 22.3 Å². The van der Waals surface area contributed by atoms with Crippen molar-refractivity contribution in [1.82, 2.24) is 5.32 Å². The van der Waals surface area contributed by atoms with Gasteiger partial charge in [-0.05, 0) is 22.3 Å². The van der Waals surface area contributed by atoms with E-state index in [2.05, 4.69) is 16.6 Å². The smallest absolute Gasteiger partial charge is 0.407 e. The van der Waals surface area contributed by atoms with Gasteiger partial charge < -0.3 is 19.5 Å². The predicted molar refractivity (Wildman–Crippen MR) is 110 cm³/mol. The highest BCUT2D eigenvalue weighted by Crippen LogP contribution is 2.44. The Morgan fingerprint density at radius 1 is 1.03 bits per heavy atom.